The lowest BCUT2D eigenvalue weighted by Crippen LogP contribution is -2.29. The van der Waals surface area contributed by atoms with Crippen LogP contribution in [0.15, 0.2) is 6.20 Å². The van der Waals surface area contributed by atoms with E-state index in [1.807, 2.05) is 4.68 Å². The highest BCUT2D eigenvalue weighted by Gasteiger charge is 2.22. The fraction of sp³-hybridized carbons (Fsp3) is 0.769. The lowest BCUT2D eigenvalue weighted by molar-refractivity contribution is 0.0947. The van der Waals surface area contributed by atoms with Gasteiger partial charge in [0.15, 0.2) is 5.69 Å². The van der Waals surface area contributed by atoms with E-state index in [1.165, 1.54) is 12.8 Å². The minimum absolute atomic E-state index is 0.0964. The molecular weight excluding hydrogens is 242 g/mol. The van der Waals surface area contributed by atoms with E-state index in [9.17, 15) is 4.79 Å². The molecule has 0 spiro atoms. The van der Waals surface area contributed by atoms with Crippen molar-refractivity contribution in [2.75, 3.05) is 19.6 Å². The third-order valence-electron chi connectivity index (χ3n) is 3.96. The van der Waals surface area contributed by atoms with E-state index in [4.69, 9.17) is 0 Å². The van der Waals surface area contributed by atoms with Crippen LogP contribution in [0.1, 0.15) is 48.6 Å². The summed E-state index contributed by atoms with van der Waals surface area (Å²) in [7, 11) is 0. The summed E-state index contributed by atoms with van der Waals surface area (Å²) in [6, 6.07) is 0.377. The van der Waals surface area contributed by atoms with Crippen molar-refractivity contribution in [3.05, 3.63) is 11.9 Å². The molecule has 1 amide bonds. The molecule has 1 aliphatic carbocycles. The van der Waals surface area contributed by atoms with Crippen LogP contribution in [0.3, 0.4) is 0 Å². The molecule has 2 aliphatic rings. The van der Waals surface area contributed by atoms with Gasteiger partial charge in [-0.1, -0.05) is 18.1 Å². The summed E-state index contributed by atoms with van der Waals surface area (Å²) >= 11 is 0. The predicted octanol–water partition coefficient (Wildman–Crippen LogP) is 0.732. The second kappa shape index (κ2) is 5.69. The maximum atomic E-state index is 11.9. The van der Waals surface area contributed by atoms with Crippen LogP contribution in [0, 0.1) is 5.92 Å². The molecule has 1 aliphatic heterocycles. The minimum atomic E-state index is -0.0964. The van der Waals surface area contributed by atoms with Gasteiger partial charge in [-0.25, -0.2) is 4.68 Å². The van der Waals surface area contributed by atoms with E-state index in [0.29, 0.717) is 11.7 Å². The zero-order chi connectivity index (χ0) is 13.1. The molecule has 6 nitrogen and oxygen atoms in total. The Morgan fingerprint density at radius 3 is 2.89 bits per heavy atom. The van der Waals surface area contributed by atoms with Crippen LogP contribution in [0.2, 0.25) is 0 Å². The number of rotatable bonds is 5. The summed E-state index contributed by atoms with van der Waals surface area (Å²) in [5, 5.41) is 14.3. The molecule has 3 rings (SSSR count). The Hall–Kier alpha value is -1.43. The maximum absolute atomic E-state index is 11.9. The van der Waals surface area contributed by atoms with Crippen molar-refractivity contribution in [1.82, 2.24) is 25.6 Å². The zero-order valence-corrected chi connectivity index (χ0v) is 11.1. The van der Waals surface area contributed by atoms with Gasteiger partial charge < -0.3 is 10.6 Å². The molecule has 1 saturated carbocycles. The summed E-state index contributed by atoms with van der Waals surface area (Å²) < 4.78 is 1.84. The third kappa shape index (κ3) is 3.32. The second-order valence-electron chi connectivity index (χ2n) is 5.55. The number of hydrogen-bond acceptors (Lipinski definition) is 4. The van der Waals surface area contributed by atoms with E-state index in [-0.39, 0.29) is 5.91 Å². The van der Waals surface area contributed by atoms with E-state index in [0.717, 1.165) is 44.8 Å². The first-order valence-electron chi connectivity index (χ1n) is 7.23. The van der Waals surface area contributed by atoms with Crippen LogP contribution in [0.5, 0.6) is 0 Å². The van der Waals surface area contributed by atoms with Crippen molar-refractivity contribution in [2.24, 2.45) is 5.92 Å². The normalized spacial score (nSPS) is 20.4. The molecule has 6 heteroatoms. The Morgan fingerprint density at radius 1 is 1.37 bits per heavy atom. The quantitative estimate of drug-likeness (QED) is 0.821. The van der Waals surface area contributed by atoms with Gasteiger partial charge in [-0.15, -0.1) is 5.10 Å². The van der Waals surface area contributed by atoms with Crippen molar-refractivity contribution in [2.45, 2.75) is 38.1 Å². The monoisotopic (exact) mass is 263 g/mol. The lowest BCUT2D eigenvalue weighted by Gasteiger charge is -2.22. The van der Waals surface area contributed by atoms with Gasteiger partial charge in [0.25, 0.3) is 5.91 Å². The van der Waals surface area contributed by atoms with Crippen molar-refractivity contribution in [3.8, 4) is 0 Å². The molecule has 0 atom stereocenters. The average Bonchev–Trinajstić information content (AvgIpc) is 3.13. The number of carbonyl (C=O) groups is 1. The van der Waals surface area contributed by atoms with Crippen molar-refractivity contribution in [3.63, 3.8) is 0 Å². The molecule has 104 valence electrons. The molecule has 1 aromatic heterocycles. The number of piperidine rings is 1. The standard InChI is InChI=1S/C13H21N5O/c19-13(15-8-3-10-1-2-10)12-9-18(17-16-12)11-4-6-14-7-5-11/h9-11,14H,1-8H2,(H,15,19). The van der Waals surface area contributed by atoms with Crippen LogP contribution in [0.25, 0.3) is 0 Å². The molecule has 0 unspecified atom stereocenters. The molecule has 0 bridgehead atoms. The smallest absolute Gasteiger partial charge is 0.273 e. The zero-order valence-electron chi connectivity index (χ0n) is 11.1. The summed E-state index contributed by atoms with van der Waals surface area (Å²) in [5.41, 5.74) is 0.439. The number of amides is 1. The number of nitrogens with zero attached hydrogens (tertiary/aromatic N) is 3. The van der Waals surface area contributed by atoms with Crippen molar-refractivity contribution in [1.29, 1.82) is 0 Å². The van der Waals surface area contributed by atoms with Gasteiger partial charge in [0.2, 0.25) is 0 Å². The summed E-state index contributed by atoms with van der Waals surface area (Å²) in [6.45, 7) is 2.77. The fourth-order valence-electron chi connectivity index (χ4n) is 2.52. The van der Waals surface area contributed by atoms with Gasteiger partial charge in [-0.05, 0) is 38.3 Å². The highest BCUT2D eigenvalue weighted by molar-refractivity contribution is 5.91. The number of hydrogen-bond donors (Lipinski definition) is 2. The van der Waals surface area contributed by atoms with Crippen LogP contribution in [-0.4, -0.2) is 40.5 Å². The first kappa shape index (κ1) is 12.6. The molecule has 2 heterocycles. The Kier molecular flexibility index (Phi) is 3.77. The van der Waals surface area contributed by atoms with E-state index in [2.05, 4.69) is 20.9 Å². The summed E-state index contributed by atoms with van der Waals surface area (Å²) in [4.78, 5) is 11.9. The molecule has 1 aromatic rings. The third-order valence-corrected chi connectivity index (χ3v) is 3.96. The number of aromatic nitrogens is 3. The second-order valence-corrected chi connectivity index (χ2v) is 5.55. The van der Waals surface area contributed by atoms with Crippen LogP contribution >= 0.6 is 0 Å². The van der Waals surface area contributed by atoms with Gasteiger partial charge in [0.05, 0.1) is 12.2 Å². The maximum Gasteiger partial charge on any atom is 0.273 e. The van der Waals surface area contributed by atoms with Gasteiger partial charge in [0, 0.05) is 6.54 Å². The average molecular weight is 263 g/mol. The van der Waals surface area contributed by atoms with Gasteiger partial charge in [-0.2, -0.15) is 0 Å². The predicted molar refractivity (Wildman–Crippen MR) is 70.8 cm³/mol. The van der Waals surface area contributed by atoms with Gasteiger partial charge in [0.1, 0.15) is 0 Å². The first-order chi connectivity index (χ1) is 9.33. The topological polar surface area (TPSA) is 71.8 Å². The van der Waals surface area contributed by atoms with Crippen LogP contribution in [0.4, 0.5) is 0 Å². The van der Waals surface area contributed by atoms with Crippen LogP contribution < -0.4 is 10.6 Å². The fourth-order valence-corrected chi connectivity index (χ4v) is 2.52. The number of nitrogens with one attached hydrogen (secondary N) is 2. The highest BCUT2D eigenvalue weighted by atomic mass is 16.2. The summed E-state index contributed by atoms with van der Waals surface area (Å²) in [5.74, 6) is 0.742. The Balaban J connectivity index is 1.52. The molecule has 2 fully saturated rings. The molecule has 1 saturated heterocycles. The Morgan fingerprint density at radius 2 is 2.16 bits per heavy atom. The Labute approximate surface area is 112 Å². The minimum Gasteiger partial charge on any atom is -0.351 e. The number of carbonyl (C=O) groups excluding carboxylic acids is 1. The SMILES string of the molecule is O=C(NCCC1CC1)c1cn(C2CCNCC2)nn1. The van der Waals surface area contributed by atoms with Crippen molar-refractivity contribution >= 4 is 5.91 Å². The highest BCUT2D eigenvalue weighted by Crippen LogP contribution is 2.31. The molecule has 0 aromatic carbocycles. The molecule has 2 N–H and O–H groups in total. The molecular formula is C13H21N5O. The van der Waals surface area contributed by atoms with Gasteiger partial charge >= 0.3 is 0 Å². The summed E-state index contributed by atoms with van der Waals surface area (Å²) in [6.07, 6.45) is 7.61. The van der Waals surface area contributed by atoms with Crippen LogP contribution in [-0.2, 0) is 0 Å². The van der Waals surface area contributed by atoms with E-state index < -0.39 is 0 Å². The molecule has 19 heavy (non-hydrogen) atoms. The largest absolute Gasteiger partial charge is 0.351 e. The van der Waals surface area contributed by atoms with E-state index >= 15 is 0 Å². The van der Waals surface area contributed by atoms with Crippen molar-refractivity contribution < 1.29 is 4.79 Å². The Bertz CT molecular complexity index is 434. The van der Waals surface area contributed by atoms with Gasteiger partial charge in [-0.3, -0.25) is 4.79 Å². The molecule has 0 radical (unpaired) electrons. The van der Waals surface area contributed by atoms with E-state index in [1.54, 1.807) is 6.20 Å². The lowest BCUT2D eigenvalue weighted by atomic mass is 10.1. The first-order valence-corrected chi connectivity index (χ1v) is 7.23.